The summed E-state index contributed by atoms with van der Waals surface area (Å²) in [5, 5.41) is 2.88. The van der Waals surface area contributed by atoms with Gasteiger partial charge in [-0.1, -0.05) is 30.4 Å². The van der Waals surface area contributed by atoms with Crippen LogP contribution in [0.3, 0.4) is 0 Å². The van der Waals surface area contributed by atoms with Crippen molar-refractivity contribution >= 4 is 5.78 Å². The zero-order chi connectivity index (χ0) is 9.97. The van der Waals surface area contributed by atoms with Crippen molar-refractivity contribution in [3.05, 3.63) is 47.7 Å². The molecule has 0 aromatic heterocycles. The maximum atomic E-state index is 11.9. The van der Waals surface area contributed by atoms with Gasteiger partial charge in [0.15, 0.2) is 5.78 Å². The van der Waals surface area contributed by atoms with E-state index in [2.05, 4.69) is 17.5 Å². The van der Waals surface area contributed by atoms with Crippen molar-refractivity contribution in [2.75, 3.05) is 7.05 Å². The van der Waals surface area contributed by atoms with Crippen LogP contribution in [-0.2, 0) is 4.79 Å². The lowest BCUT2D eigenvalue weighted by molar-refractivity contribution is -0.112. The molecule has 0 fully saturated rings. The summed E-state index contributed by atoms with van der Waals surface area (Å²) in [5.74, 6) is 0.442. The Morgan fingerprint density at radius 1 is 1.57 bits per heavy atom. The molecule has 72 valence electrons. The van der Waals surface area contributed by atoms with Crippen LogP contribution in [0, 0.1) is 5.92 Å². The van der Waals surface area contributed by atoms with Gasteiger partial charge < -0.3 is 5.32 Å². The molecule has 0 aromatic rings. The van der Waals surface area contributed by atoms with Gasteiger partial charge in [-0.05, 0) is 6.42 Å². The summed E-state index contributed by atoms with van der Waals surface area (Å²) in [4.78, 5) is 11.9. The molecule has 0 bridgehead atoms. The molecule has 0 radical (unpaired) electrons. The molecular formula is C12H13NO. The van der Waals surface area contributed by atoms with Crippen LogP contribution >= 0.6 is 0 Å². The molecular weight excluding hydrogens is 174 g/mol. The fourth-order valence-electron chi connectivity index (χ4n) is 1.81. The molecule has 0 aliphatic heterocycles. The first-order chi connectivity index (χ1) is 6.83. The second kappa shape index (κ2) is 3.66. The van der Waals surface area contributed by atoms with E-state index in [0.29, 0.717) is 5.92 Å². The van der Waals surface area contributed by atoms with Crippen LogP contribution < -0.4 is 5.32 Å². The van der Waals surface area contributed by atoms with Crippen LogP contribution in [0.5, 0.6) is 0 Å². The minimum atomic E-state index is 0.149. The van der Waals surface area contributed by atoms with E-state index < -0.39 is 0 Å². The normalized spacial score (nSPS) is 27.5. The molecule has 0 aromatic carbocycles. The van der Waals surface area contributed by atoms with Gasteiger partial charge in [-0.3, -0.25) is 4.79 Å². The van der Waals surface area contributed by atoms with E-state index in [-0.39, 0.29) is 5.78 Å². The maximum absolute atomic E-state index is 11.9. The summed E-state index contributed by atoms with van der Waals surface area (Å²) in [5.41, 5.74) is 1.65. The molecule has 1 N–H and O–H groups in total. The Balaban J connectivity index is 2.37. The van der Waals surface area contributed by atoms with Gasteiger partial charge in [-0.15, -0.1) is 0 Å². The van der Waals surface area contributed by atoms with Crippen LogP contribution in [0.4, 0.5) is 0 Å². The second-order valence-corrected chi connectivity index (χ2v) is 3.47. The van der Waals surface area contributed by atoms with Crippen LogP contribution in [0.25, 0.3) is 0 Å². The molecule has 2 rings (SSSR count). The topological polar surface area (TPSA) is 29.1 Å². The Morgan fingerprint density at radius 3 is 3.21 bits per heavy atom. The average molecular weight is 187 g/mol. The van der Waals surface area contributed by atoms with Gasteiger partial charge in [0, 0.05) is 30.3 Å². The summed E-state index contributed by atoms with van der Waals surface area (Å²) in [7, 11) is 1.80. The number of Topliss-reactive ketones (excluding diaryl/α,β-unsaturated/α-hetero) is 1. The van der Waals surface area contributed by atoms with Crippen LogP contribution in [-0.4, -0.2) is 12.8 Å². The third-order valence-corrected chi connectivity index (χ3v) is 2.53. The van der Waals surface area contributed by atoms with Gasteiger partial charge in [-0.25, -0.2) is 0 Å². The van der Waals surface area contributed by atoms with Crippen molar-refractivity contribution in [1.82, 2.24) is 5.32 Å². The molecule has 2 aliphatic rings. The summed E-state index contributed by atoms with van der Waals surface area (Å²) < 4.78 is 0. The molecule has 0 unspecified atom stereocenters. The fourth-order valence-corrected chi connectivity index (χ4v) is 1.81. The van der Waals surface area contributed by atoms with Crippen molar-refractivity contribution < 1.29 is 4.79 Å². The van der Waals surface area contributed by atoms with Crippen molar-refractivity contribution in [2.45, 2.75) is 6.42 Å². The van der Waals surface area contributed by atoms with Crippen molar-refractivity contribution in [2.24, 2.45) is 5.92 Å². The molecule has 2 heteroatoms. The van der Waals surface area contributed by atoms with Crippen LogP contribution in [0.15, 0.2) is 47.7 Å². The highest BCUT2D eigenvalue weighted by Crippen LogP contribution is 2.29. The third-order valence-electron chi connectivity index (χ3n) is 2.53. The number of rotatable bonds is 1. The highest BCUT2D eigenvalue weighted by Gasteiger charge is 2.24. The molecule has 14 heavy (non-hydrogen) atoms. The zero-order valence-corrected chi connectivity index (χ0v) is 8.16. The van der Waals surface area contributed by atoms with Gasteiger partial charge in [0.05, 0.1) is 0 Å². The van der Waals surface area contributed by atoms with Gasteiger partial charge in [0.2, 0.25) is 0 Å². The Labute approximate surface area is 83.7 Å². The summed E-state index contributed by atoms with van der Waals surface area (Å²) >= 11 is 0. The molecule has 0 heterocycles. The molecule has 0 saturated heterocycles. The predicted octanol–water partition coefficient (Wildman–Crippen LogP) is 1.73. The smallest absolute Gasteiger partial charge is 0.191 e. The minimum Gasteiger partial charge on any atom is -0.393 e. The Morgan fingerprint density at radius 2 is 2.43 bits per heavy atom. The monoisotopic (exact) mass is 187 g/mol. The van der Waals surface area contributed by atoms with E-state index >= 15 is 0 Å². The lowest BCUT2D eigenvalue weighted by Crippen LogP contribution is -2.19. The average Bonchev–Trinajstić information content (AvgIpc) is 2.23. The van der Waals surface area contributed by atoms with E-state index in [1.807, 2.05) is 18.2 Å². The molecule has 0 amide bonds. The quantitative estimate of drug-likeness (QED) is 0.633. The fraction of sp³-hybridized carbons (Fsp3) is 0.250. The summed E-state index contributed by atoms with van der Waals surface area (Å²) in [6, 6.07) is 0. The van der Waals surface area contributed by atoms with Crippen LogP contribution in [0.2, 0.25) is 0 Å². The Bertz CT molecular complexity index is 372. The maximum Gasteiger partial charge on any atom is 0.191 e. The number of carbonyl (C=O) groups is 1. The standard InChI is InChI=1S/C12H13NO/c1-13-8-10-7-6-9-4-2-3-5-11(9)12(10)14/h2-3,5-9,13H,4H2,1H3/t9-/m1/s1. The molecule has 0 saturated carbocycles. The van der Waals surface area contributed by atoms with Crippen molar-refractivity contribution in [3.63, 3.8) is 0 Å². The van der Waals surface area contributed by atoms with E-state index in [1.54, 1.807) is 13.2 Å². The van der Waals surface area contributed by atoms with E-state index in [9.17, 15) is 4.79 Å². The van der Waals surface area contributed by atoms with Gasteiger partial charge in [0.1, 0.15) is 0 Å². The van der Waals surface area contributed by atoms with Crippen molar-refractivity contribution in [1.29, 1.82) is 0 Å². The molecule has 1 atom stereocenters. The second-order valence-electron chi connectivity index (χ2n) is 3.47. The van der Waals surface area contributed by atoms with E-state index in [0.717, 1.165) is 17.6 Å². The largest absolute Gasteiger partial charge is 0.393 e. The molecule has 2 aliphatic carbocycles. The van der Waals surface area contributed by atoms with Gasteiger partial charge in [-0.2, -0.15) is 0 Å². The van der Waals surface area contributed by atoms with Crippen molar-refractivity contribution in [3.8, 4) is 0 Å². The van der Waals surface area contributed by atoms with E-state index in [1.165, 1.54) is 0 Å². The predicted molar refractivity (Wildman–Crippen MR) is 56.6 cm³/mol. The molecule has 0 spiro atoms. The van der Waals surface area contributed by atoms with E-state index in [4.69, 9.17) is 0 Å². The number of carbonyl (C=O) groups excluding carboxylic acids is 1. The Hall–Kier alpha value is -1.57. The number of nitrogens with one attached hydrogen (secondary N) is 1. The van der Waals surface area contributed by atoms with Crippen LogP contribution in [0.1, 0.15) is 6.42 Å². The third kappa shape index (κ3) is 1.43. The summed E-state index contributed by atoms with van der Waals surface area (Å²) in [6.45, 7) is 0. The first-order valence-corrected chi connectivity index (χ1v) is 4.80. The van der Waals surface area contributed by atoms with Gasteiger partial charge >= 0.3 is 0 Å². The number of hydrogen-bond acceptors (Lipinski definition) is 2. The number of fused-ring (bicyclic) bond motifs is 1. The lowest BCUT2D eigenvalue weighted by atomic mass is 9.82. The first-order valence-electron chi connectivity index (χ1n) is 4.80. The first kappa shape index (κ1) is 9.00. The number of allylic oxidation sites excluding steroid dienone is 7. The highest BCUT2D eigenvalue weighted by atomic mass is 16.1. The molecule has 2 nitrogen and oxygen atoms in total. The van der Waals surface area contributed by atoms with Gasteiger partial charge in [0.25, 0.3) is 0 Å². The minimum absolute atomic E-state index is 0.149. The zero-order valence-electron chi connectivity index (χ0n) is 8.16. The summed E-state index contributed by atoms with van der Waals surface area (Å²) in [6.07, 6.45) is 12.7. The lowest BCUT2D eigenvalue weighted by Gasteiger charge is -2.21. The Kier molecular flexibility index (Phi) is 2.35. The SMILES string of the molecule is CNC=C1C=C[C@H]2CC=CC=C2C1=O. The number of hydrogen-bond donors (Lipinski definition) is 1. The highest BCUT2D eigenvalue weighted by molar-refractivity contribution is 6.12. The number of ketones is 1.